The number of aromatic nitrogens is 5. The fourth-order valence-electron chi connectivity index (χ4n) is 4.90. The molecular weight excluding hydrogens is 464 g/mol. The van der Waals surface area contributed by atoms with Crippen LogP contribution in [0.1, 0.15) is 55.1 Å². The van der Waals surface area contributed by atoms with Crippen LogP contribution in [-0.2, 0) is 26.1 Å². The third-order valence-electron chi connectivity index (χ3n) is 6.73. The van der Waals surface area contributed by atoms with E-state index in [-0.39, 0.29) is 17.5 Å². The van der Waals surface area contributed by atoms with E-state index in [1.807, 2.05) is 42.5 Å². The van der Waals surface area contributed by atoms with Crippen LogP contribution >= 0.6 is 0 Å². The molecule has 0 amide bonds. The van der Waals surface area contributed by atoms with E-state index in [2.05, 4.69) is 70.4 Å². The van der Waals surface area contributed by atoms with Gasteiger partial charge in [0.25, 0.3) is 5.56 Å². The molecule has 0 radical (unpaired) electrons. The van der Waals surface area contributed by atoms with Crippen molar-refractivity contribution in [1.29, 1.82) is 0 Å². The maximum absolute atomic E-state index is 13.2. The molecule has 8 heteroatoms. The summed E-state index contributed by atoms with van der Waals surface area (Å²) in [5.41, 5.74) is 3.88. The monoisotopic (exact) mass is 496 g/mol. The van der Waals surface area contributed by atoms with E-state index < -0.39 is 0 Å². The fraction of sp³-hybridized carbons (Fsp3) is 0.310. The van der Waals surface area contributed by atoms with Crippen molar-refractivity contribution in [2.45, 2.75) is 52.9 Å². The van der Waals surface area contributed by atoms with Gasteiger partial charge in [-0.15, -0.1) is 5.10 Å². The van der Waals surface area contributed by atoms with Crippen LogP contribution in [0.15, 0.2) is 82.2 Å². The molecule has 0 saturated heterocycles. The van der Waals surface area contributed by atoms with Gasteiger partial charge in [-0.1, -0.05) is 57.2 Å². The van der Waals surface area contributed by atoms with E-state index in [0.29, 0.717) is 25.2 Å². The quantitative estimate of drug-likeness (QED) is 0.289. The van der Waals surface area contributed by atoms with Crippen molar-refractivity contribution in [1.82, 2.24) is 30.1 Å². The molecule has 1 N–H and O–H groups in total. The van der Waals surface area contributed by atoms with Gasteiger partial charge < -0.3 is 9.40 Å². The van der Waals surface area contributed by atoms with E-state index in [1.54, 1.807) is 10.9 Å². The van der Waals surface area contributed by atoms with E-state index in [1.165, 1.54) is 5.56 Å². The second-order valence-corrected chi connectivity index (χ2v) is 9.75. The molecule has 0 bridgehead atoms. The van der Waals surface area contributed by atoms with E-state index in [0.717, 1.165) is 34.5 Å². The number of tetrazole rings is 1. The number of aromatic amines is 1. The van der Waals surface area contributed by atoms with Gasteiger partial charge in [-0.3, -0.25) is 9.69 Å². The summed E-state index contributed by atoms with van der Waals surface area (Å²) < 4.78 is 7.35. The Hall–Kier alpha value is -4.04. The molecule has 37 heavy (non-hydrogen) atoms. The Morgan fingerprint density at radius 3 is 2.57 bits per heavy atom. The number of nitrogens with one attached hydrogen (secondary N) is 1. The van der Waals surface area contributed by atoms with Crippen molar-refractivity contribution >= 4 is 10.9 Å². The predicted molar refractivity (Wildman–Crippen MR) is 143 cm³/mol. The zero-order chi connectivity index (χ0) is 25.8. The van der Waals surface area contributed by atoms with Crippen LogP contribution in [-0.4, -0.2) is 30.1 Å². The van der Waals surface area contributed by atoms with Crippen LogP contribution in [0.4, 0.5) is 0 Å². The number of hydrogen-bond acceptors (Lipinski definition) is 6. The number of furan rings is 1. The van der Waals surface area contributed by atoms with Crippen LogP contribution in [0.2, 0.25) is 0 Å². The third kappa shape index (κ3) is 5.54. The smallest absolute Gasteiger partial charge is 0.252 e. The number of pyridine rings is 1. The Kier molecular flexibility index (Phi) is 7.28. The molecule has 2 aromatic carbocycles. The van der Waals surface area contributed by atoms with Crippen LogP contribution in [0.5, 0.6) is 0 Å². The lowest BCUT2D eigenvalue weighted by atomic mass is 9.99. The molecule has 0 unspecified atom stereocenters. The number of nitrogens with zero attached hydrogens (tertiary/aromatic N) is 5. The average Bonchev–Trinajstić information content (AvgIpc) is 3.57. The molecular formula is C29H32N6O2. The van der Waals surface area contributed by atoms with E-state index in [4.69, 9.17) is 4.42 Å². The molecule has 0 saturated carbocycles. The molecule has 3 aromatic heterocycles. The standard InChI is InChI=1S/C29H32N6O2/c1-4-21-12-13-26-23(15-21)16-24(29(36)30-26)18-34(17-22-9-6-5-7-10-22)27(20(2)3)28-31-32-33-35(28)19-25-11-8-14-37-25/h5-16,20,27H,4,17-19H2,1-3H3,(H,30,36)/t27-/m0/s1. The van der Waals surface area contributed by atoms with Crippen molar-refractivity contribution in [2.75, 3.05) is 0 Å². The maximum atomic E-state index is 13.2. The number of fused-ring (bicyclic) bond motifs is 1. The first-order valence-corrected chi connectivity index (χ1v) is 12.7. The van der Waals surface area contributed by atoms with Gasteiger partial charge in [0.1, 0.15) is 12.3 Å². The summed E-state index contributed by atoms with van der Waals surface area (Å²) in [6.45, 7) is 7.99. The van der Waals surface area contributed by atoms with Gasteiger partial charge >= 0.3 is 0 Å². The fourth-order valence-corrected chi connectivity index (χ4v) is 4.90. The molecule has 190 valence electrons. The number of rotatable bonds is 10. The first kappa shape index (κ1) is 24.6. The van der Waals surface area contributed by atoms with Gasteiger partial charge in [0.15, 0.2) is 5.82 Å². The second kappa shape index (κ2) is 10.9. The lowest BCUT2D eigenvalue weighted by Gasteiger charge is -2.33. The molecule has 0 aliphatic carbocycles. The zero-order valence-corrected chi connectivity index (χ0v) is 21.5. The molecule has 1 atom stereocenters. The molecule has 3 heterocycles. The Bertz CT molecular complexity index is 1500. The van der Waals surface area contributed by atoms with Gasteiger partial charge in [0.2, 0.25) is 0 Å². The summed E-state index contributed by atoms with van der Waals surface area (Å²) in [7, 11) is 0. The molecule has 0 aliphatic rings. The Morgan fingerprint density at radius 1 is 1.00 bits per heavy atom. The Labute approximate surface area is 215 Å². The van der Waals surface area contributed by atoms with Crippen LogP contribution < -0.4 is 5.56 Å². The highest BCUT2D eigenvalue weighted by molar-refractivity contribution is 5.79. The third-order valence-corrected chi connectivity index (χ3v) is 6.73. The topological polar surface area (TPSA) is 92.8 Å². The molecule has 5 rings (SSSR count). The van der Waals surface area contributed by atoms with Gasteiger partial charge in [-0.05, 0) is 69.6 Å². The highest BCUT2D eigenvalue weighted by Gasteiger charge is 2.30. The normalized spacial score (nSPS) is 12.6. The number of aryl methyl sites for hydroxylation is 1. The molecule has 0 spiro atoms. The van der Waals surface area contributed by atoms with Crippen molar-refractivity contribution in [3.8, 4) is 0 Å². The van der Waals surface area contributed by atoms with Crippen molar-refractivity contribution in [3.05, 3.63) is 112 Å². The maximum Gasteiger partial charge on any atom is 0.252 e. The molecule has 8 nitrogen and oxygen atoms in total. The first-order chi connectivity index (χ1) is 18.0. The van der Waals surface area contributed by atoms with Gasteiger partial charge in [-0.25, -0.2) is 4.68 Å². The van der Waals surface area contributed by atoms with Crippen molar-refractivity contribution in [2.24, 2.45) is 5.92 Å². The van der Waals surface area contributed by atoms with Crippen LogP contribution in [0.3, 0.4) is 0 Å². The number of benzene rings is 2. The van der Waals surface area contributed by atoms with Gasteiger partial charge in [0.05, 0.1) is 12.3 Å². The minimum Gasteiger partial charge on any atom is -0.467 e. The summed E-state index contributed by atoms with van der Waals surface area (Å²) >= 11 is 0. The Balaban J connectivity index is 1.55. The summed E-state index contributed by atoms with van der Waals surface area (Å²) in [4.78, 5) is 18.6. The summed E-state index contributed by atoms with van der Waals surface area (Å²) in [5.74, 6) is 1.70. The van der Waals surface area contributed by atoms with Crippen LogP contribution in [0.25, 0.3) is 10.9 Å². The summed E-state index contributed by atoms with van der Waals surface area (Å²) in [6.07, 6.45) is 2.59. The SMILES string of the molecule is CCc1ccc2[nH]c(=O)c(CN(Cc3ccccc3)[C@H](c3nnnn3Cc3ccco3)C(C)C)cc2c1. The molecule has 0 fully saturated rings. The minimum atomic E-state index is -0.137. The lowest BCUT2D eigenvalue weighted by Crippen LogP contribution is -2.35. The number of H-pyrrole nitrogens is 1. The van der Waals surface area contributed by atoms with Gasteiger partial charge in [0, 0.05) is 24.2 Å². The zero-order valence-electron chi connectivity index (χ0n) is 21.5. The average molecular weight is 497 g/mol. The Morgan fingerprint density at radius 2 is 1.84 bits per heavy atom. The first-order valence-electron chi connectivity index (χ1n) is 12.7. The van der Waals surface area contributed by atoms with Crippen molar-refractivity contribution < 1.29 is 4.42 Å². The minimum absolute atomic E-state index is 0.0764. The summed E-state index contributed by atoms with van der Waals surface area (Å²) in [5, 5.41) is 13.8. The van der Waals surface area contributed by atoms with Gasteiger partial charge in [-0.2, -0.15) is 0 Å². The van der Waals surface area contributed by atoms with Crippen LogP contribution in [0, 0.1) is 5.92 Å². The van der Waals surface area contributed by atoms with E-state index >= 15 is 0 Å². The second-order valence-electron chi connectivity index (χ2n) is 9.75. The highest BCUT2D eigenvalue weighted by Crippen LogP contribution is 2.30. The number of hydrogen-bond donors (Lipinski definition) is 1. The predicted octanol–water partition coefficient (Wildman–Crippen LogP) is 5.12. The largest absolute Gasteiger partial charge is 0.467 e. The van der Waals surface area contributed by atoms with E-state index in [9.17, 15) is 4.79 Å². The molecule has 5 aromatic rings. The lowest BCUT2D eigenvalue weighted by molar-refractivity contribution is 0.125. The van der Waals surface area contributed by atoms with Crippen molar-refractivity contribution in [3.63, 3.8) is 0 Å². The molecule has 0 aliphatic heterocycles. The summed E-state index contributed by atoms with van der Waals surface area (Å²) in [6, 6.07) is 22.2. The highest BCUT2D eigenvalue weighted by atomic mass is 16.3.